The summed E-state index contributed by atoms with van der Waals surface area (Å²) in [6.45, 7) is 0. The molecule has 0 aliphatic carbocycles. The molecule has 0 bridgehead atoms. The molecular formula is C14H10BrCl2NO2. The van der Waals surface area contributed by atoms with Crippen LogP contribution >= 0.6 is 39.1 Å². The molecule has 1 amide bonds. The zero-order valence-electron chi connectivity index (χ0n) is 10.4. The van der Waals surface area contributed by atoms with E-state index in [0.29, 0.717) is 31.5 Å². The number of hydrogen-bond acceptors (Lipinski definition) is 2. The summed E-state index contributed by atoms with van der Waals surface area (Å²) in [7, 11) is 1.51. The van der Waals surface area contributed by atoms with Crippen LogP contribution in [-0.2, 0) is 0 Å². The Morgan fingerprint density at radius 3 is 2.70 bits per heavy atom. The zero-order chi connectivity index (χ0) is 14.7. The maximum Gasteiger partial charge on any atom is 0.257 e. The standard InChI is InChI=1S/C14H10BrCl2NO2/c1-20-12-7-8(5-6-11(12)16)18-14(19)9-3-2-4-10(15)13(9)17/h2-7H,1H3,(H,18,19). The molecule has 0 spiro atoms. The minimum absolute atomic E-state index is 0.305. The number of amides is 1. The van der Waals surface area contributed by atoms with Crippen molar-refractivity contribution in [2.45, 2.75) is 0 Å². The summed E-state index contributed by atoms with van der Waals surface area (Å²) < 4.78 is 5.77. The maximum atomic E-state index is 12.2. The van der Waals surface area contributed by atoms with E-state index in [1.54, 1.807) is 36.4 Å². The number of ether oxygens (including phenoxy) is 1. The molecule has 0 saturated heterocycles. The summed E-state index contributed by atoms with van der Waals surface area (Å²) in [5.41, 5.74) is 0.960. The molecule has 6 heteroatoms. The van der Waals surface area contributed by atoms with E-state index in [4.69, 9.17) is 27.9 Å². The summed E-state index contributed by atoms with van der Waals surface area (Å²) in [6.07, 6.45) is 0. The van der Waals surface area contributed by atoms with Gasteiger partial charge < -0.3 is 10.1 Å². The van der Waals surface area contributed by atoms with Crippen LogP contribution in [0.1, 0.15) is 10.4 Å². The van der Waals surface area contributed by atoms with Crippen LogP contribution in [0.5, 0.6) is 5.75 Å². The fourth-order valence-electron chi connectivity index (χ4n) is 1.62. The summed E-state index contributed by atoms with van der Waals surface area (Å²) in [5, 5.41) is 3.59. The molecule has 0 saturated carbocycles. The highest BCUT2D eigenvalue weighted by Crippen LogP contribution is 2.29. The van der Waals surface area contributed by atoms with Crippen molar-refractivity contribution in [1.82, 2.24) is 0 Å². The smallest absolute Gasteiger partial charge is 0.257 e. The molecule has 0 aromatic heterocycles. The van der Waals surface area contributed by atoms with E-state index in [9.17, 15) is 4.79 Å². The molecular weight excluding hydrogens is 365 g/mol. The van der Waals surface area contributed by atoms with Crippen molar-refractivity contribution in [3.8, 4) is 5.75 Å². The molecule has 2 aromatic carbocycles. The number of anilines is 1. The molecule has 0 fully saturated rings. The fourth-order valence-corrected chi connectivity index (χ4v) is 2.39. The lowest BCUT2D eigenvalue weighted by Gasteiger charge is -2.09. The molecule has 0 aliphatic rings. The second-order valence-corrected chi connectivity index (χ2v) is 5.54. The average molecular weight is 375 g/mol. The van der Waals surface area contributed by atoms with Crippen LogP contribution in [0.25, 0.3) is 0 Å². The molecule has 0 aliphatic heterocycles. The second-order valence-electron chi connectivity index (χ2n) is 3.90. The van der Waals surface area contributed by atoms with Crippen LogP contribution < -0.4 is 10.1 Å². The largest absolute Gasteiger partial charge is 0.495 e. The fraction of sp³-hybridized carbons (Fsp3) is 0.0714. The van der Waals surface area contributed by atoms with Gasteiger partial charge in [0.25, 0.3) is 5.91 Å². The van der Waals surface area contributed by atoms with Gasteiger partial charge >= 0.3 is 0 Å². The van der Waals surface area contributed by atoms with Crippen molar-refractivity contribution in [3.05, 3.63) is 56.5 Å². The van der Waals surface area contributed by atoms with Gasteiger partial charge in [-0.25, -0.2) is 0 Å². The highest BCUT2D eigenvalue weighted by atomic mass is 79.9. The number of halogens is 3. The number of nitrogens with one attached hydrogen (secondary N) is 1. The van der Waals surface area contributed by atoms with E-state index in [2.05, 4.69) is 21.2 Å². The van der Waals surface area contributed by atoms with Gasteiger partial charge in [0.1, 0.15) is 5.75 Å². The Hall–Kier alpha value is -1.23. The number of methoxy groups -OCH3 is 1. The van der Waals surface area contributed by atoms with Crippen LogP contribution in [-0.4, -0.2) is 13.0 Å². The van der Waals surface area contributed by atoms with Crippen molar-refractivity contribution < 1.29 is 9.53 Å². The molecule has 0 atom stereocenters. The zero-order valence-corrected chi connectivity index (χ0v) is 13.5. The first-order valence-corrected chi connectivity index (χ1v) is 7.16. The maximum absolute atomic E-state index is 12.2. The number of benzene rings is 2. The summed E-state index contributed by atoms with van der Waals surface area (Å²) in [6, 6.07) is 10.1. The molecule has 0 radical (unpaired) electrons. The van der Waals surface area contributed by atoms with Crippen molar-refractivity contribution in [1.29, 1.82) is 0 Å². The Labute approximate surface area is 135 Å². The summed E-state index contributed by atoms with van der Waals surface area (Å²) >= 11 is 15.3. The molecule has 2 aromatic rings. The lowest BCUT2D eigenvalue weighted by Crippen LogP contribution is -2.12. The minimum Gasteiger partial charge on any atom is -0.495 e. The van der Waals surface area contributed by atoms with Crippen molar-refractivity contribution in [2.75, 3.05) is 12.4 Å². The molecule has 104 valence electrons. The number of hydrogen-bond donors (Lipinski definition) is 1. The van der Waals surface area contributed by atoms with Crippen molar-refractivity contribution >= 4 is 50.7 Å². The first kappa shape index (κ1) is 15.2. The monoisotopic (exact) mass is 373 g/mol. The predicted octanol–water partition coefficient (Wildman–Crippen LogP) is 5.02. The van der Waals surface area contributed by atoms with Crippen LogP contribution in [0.4, 0.5) is 5.69 Å². The van der Waals surface area contributed by atoms with E-state index in [1.165, 1.54) is 7.11 Å². The van der Waals surface area contributed by atoms with Crippen LogP contribution in [0.3, 0.4) is 0 Å². The van der Waals surface area contributed by atoms with Crippen LogP contribution in [0, 0.1) is 0 Å². The average Bonchev–Trinajstić information content (AvgIpc) is 2.43. The Morgan fingerprint density at radius 1 is 1.25 bits per heavy atom. The van der Waals surface area contributed by atoms with E-state index in [1.807, 2.05) is 0 Å². The SMILES string of the molecule is COc1cc(NC(=O)c2cccc(Br)c2Cl)ccc1Cl. The number of carbonyl (C=O) groups is 1. The normalized spacial score (nSPS) is 10.2. The Morgan fingerprint density at radius 2 is 2.00 bits per heavy atom. The number of rotatable bonds is 3. The molecule has 3 nitrogen and oxygen atoms in total. The van der Waals surface area contributed by atoms with Crippen molar-refractivity contribution in [2.24, 2.45) is 0 Å². The summed E-state index contributed by atoms with van der Waals surface area (Å²) in [5.74, 6) is 0.186. The van der Waals surface area contributed by atoms with Gasteiger partial charge in [-0.2, -0.15) is 0 Å². The van der Waals surface area contributed by atoms with E-state index < -0.39 is 0 Å². The molecule has 2 rings (SSSR count). The van der Waals surface area contributed by atoms with Gasteiger partial charge in [0.2, 0.25) is 0 Å². The van der Waals surface area contributed by atoms with E-state index in [0.717, 1.165) is 0 Å². The van der Waals surface area contributed by atoms with Crippen molar-refractivity contribution in [3.63, 3.8) is 0 Å². The second kappa shape index (κ2) is 6.48. The minimum atomic E-state index is -0.305. The van der Waals surface area contributed by atoms with Gasteiger partial charge in [-0.15, -0.1) is 0 Å². The van der Waals surface area contributed by atoms with Crippen LogP contribution in [0.15, 0.2) is 40.9 Å². The Bertz CT molecular complexity index is 662. The van der Waals surface area contributed by atoms with Gasteiger partial charge in [-0.1, -0.05) is 29.3 Å². The Balaban J connectivity index is 2.26. The lowest BCUT2D eigenvalue weighted by atomic mass is 10.2. The first-order chi connectivity index (χ1) is 9.52. The van der Waals surface area contributed by atoms with Gasteiger partial charge in [0.05, 0.1) is 22.7 Å². The Kier molecular flexibility index (Phi) is 4.91. The summed E-state index contributed by atoms with van der Waals surface area (Å²) in [4.78, 5) is 12.2. The molecule has 0 heterocycles. The third-order valence-electron chi connectivity index (χ3n) is 2.61. The highest BCUT2D eigenvalue weighted by molar-refractivity contribution is 9.10. The molecule has 1 N–H and O–H groups in total. The van der Waals surface area contributed by atoms with Gasteiger partial charge in [0, 0.05) is 16.2 Å². The van der Waals surface area contributed by atoms with Gasteiger partial charge in [0.15, 0.2) is 0 Å². The third kappa shape index (κ3) is 3.26. The van der Waals surface area contributed by atoms with Gasteiger partial charge in [-0.3, -0.25) is 4.79 Å². The van der Waals surface area contributed by atoms with E-state index >= 15 is 0 Å². The molecule has 20 heavy (non-hydrogen) atoms. The van der Waals surface area contributed by atoms with E-state index in [-0.39, 0.29) is 5.91 Å². The lowest BCUT2D eigenvalue weighted by molar-refractivity contribution is 0.102. The first-order valence-electron chi connectivity index (χ1n) is 5.62. The predicted molar refractivity (Wildman–Crippen MR) is 85.1 cm³/mol. The van der Waals surface area contributed by atoms with Crippen LogP contribution in [0.2, 0.25) is 10.0 Å². The highest BCUT2D eigenvalue weighted by Gasteiger charge is 2.13. The third-order valence-corrected chi connectivity index (χ3v) is 4.21. The topological polar surface area (TPSA) is 38.3 Å². The molecule has 0 unspecified atom stereocenters. The van der Waals surface area contributed by atoms with Gasteiger partial charge in [-0.05, 0) is 40.2 Å². The number of carbonyl (C=O) groups excluding carboxylic acids is 1. The quantitative estimate of drug-likeness (QED) is 0.819.